The lowest BCUT2D eigenvalue weighted by atomic mass is 9.99. The summed E-state index contributed by atoms with van der Waals surface area (Å²) in [6.45, 7) is 4.23. The number of esters is 1. The lowest BCUT2D eigenvalue weighted by Gasteiger charge is -2.19. The Morgan fingerprint density at radius 1 is 1.19 bits per heavy atom. The zero-order valence-corrected chi connectivity index (χ0v) is 15.9. The Kier molecular flexibility index (Phi) is 6.96. The van der Waals surface area contributed by atoms with Gasteiger partial charge in [0.25, 0.3) is 0 Å². The average Bonchev–Trinajstić information content (AvgIpc) is 3.16. The topological polar surface area (TPSA) is 73.3 Å². The molecule has 140 valence electrons. The van der Waals surface area contributed by atoms with E-state index < -0.39 is 0 Å². The minimum absolute atomic E-state index is 0.0581. The molecule has 0 bridgehead atoms. The van der Waals surface area contributed by atoms with E-state index in [2.05, 4.69) is 15.5 Å². The number of hydrogen-bond acceptors (Lipinski definition) is 7. The second-order valence-corrected chi connectivity index (χ2v) is 7.39. The number of piperidine rings is 1. The van der Waals surface area contributed by atoms with E-state index in [1.165, 1.54) is 10.6 Å². The third-order valence-corrected chi connectivity index (χ3v) is 5.53. The van der Waals surface area contributed by atoms with Crippen molar-refractivity contribution in [3.8, 4) is 5.75 Å². The van der Waals surface area contributed by atoms with Gasteiger partial charge in [-0.2, -0.15) is 0 Å². The Balaban J connectivity index is 1.46. The first-order chi connectivity index (χ1) is 12.7. The maximum absolute atomic E-state index is 11.3. The van der Waals surface area contributed by atoms with Crippen LogP contribution < -0.4 is 10.1 Å². The van der Waals surface area contributed by atoms with Gasteiger partial charge in [0.05, 0.1) is 6.61 Å². The predicted molar refractivity (Wildman–Crippen MR) is 101 cm³/mol. The van der Waals surface area contributed by atoms with Crippen LogP contribution in [0.1, 0.15) is 41.3 Å². The van der Waals surface area contributed by atoms with Gasteiger partial charge in [0.1, 0.15) is 15.8 Å². The highest BCUT2D eigenvalue weighted by atomic mass is 32.1. The van der Waals surface area contributed by atoms with E-state index in [9.17, 15) is 4.79 Å². The van der Waals surface area contributed by atoms with E-state index in [0.29, 0.717) is 18.3 Å². The lowest BCUT2D eigenvalue weighted by molar-refractivity contribution is -0.145. The molecule has 0 atom stereocenters. The Labute approximate surface area is 157 Å². The Bertz CT molecular complexity index is 696. The van der Waals surface area contributed by atoms with Crippen LogP contribution in [0.2, 0.25) is 0 Å². The number of aryl methyl sites for hydroxylation is 2. The summed E-state index contributed by atoms with van der Waals surface area (Å²) in [7, 11) is 0. The van der Waals surface area contributed by atoms with Crippen LogP contribution in [0.4, 0.5) is 0 Å². The van der Waals surface area contributed by atoms with Gasteiger partial charge in [-0.15, -0.1) is 21.5 Å². The van der Waals surface area contributed by atoms with Crippen LogP contribution in [-0.2, 0) is 22.4 Å². The Hall–Kier alpha value is -1.99. The molecule has 3 rings (SSSR count). The summed E-state index contributed by atoms with van der Waals surface area (Å²) in [6.07, 6.45) is 4.12. The molecule has 1 aliphatic heterocycles. The van der Waals surface area contributed by atoms with Crippen molar-refractivity contribution in [1.29, 1.82) is 0 Å². The van der Waals surface area contributed by atoms with Gasteiger partial charge in [0, 0.05) is 12.3 Å². The van der Waals surface area contributed by atoms with Gasteiger partial charge in [0.15, 0.2) is 6.61 Å². The van der Waals surface area contributed by atoms with Gasteiger partial charge in [0.2, 0.25) is 0 Å². The van der Waals surface area contributed by atoms with Gasteiger partial charge < -0.3 is 14.8 Å². The SMILES string of the molecule is CCOC(=O)COc1ccc(CCc2nnc(C3CCNCC3)s2)cc1. The van der Waals surface area contributed by atoms with Crippen molar-refractivity contribution in [3.63, 3.8) is 0 Å². The third-order valence-electron chi connectivity index (χ3n) is 4.38. The smallest absolute Gasteiger partial charge is 0.344 e. The van der Waals surface area contributed by atoms with Crippen LogP contribution in [0.25, 0.3) is 0 Å². The number of rotatable bonds is 8. The van der Waals surface area contributed by atoms with Crippen molar-refractivity contribution in [2.75, 3.05) is 26.3 Å². The first-order valence-electron chi connectivity index (χ1n) is 9.15. The molecule has 0 unspecified atom stereocenters. The fourth-order valence-corrected chi connectivity index (χ4v) is 3.96. The summed E-state index contributed by atoms with van der Waals surface area (Å²) in [5.41, 5.74) is 1.21. The monoisotopic (exact) mass is 375 g/mol. The van der Waals surface area contributed by atoms with Crippen molar-refractivity contribution in [1.82, 2.24) is 15.5 Å². The van der Waals surface area contributed by atoms with Crippen LogP contribution >= 0.6 is 11.3 Å². The summed E-state index contributed by atoms with van der Waals surface area (Å²) in [5.74, 6) is 0.890. The van der Waals surface area contributed by atoms with Gasteiger partial charge in [-0.25, -0.2) is 4.79 Å². The third kappa shape index (κ3) is 5.51. The molecule has 0 spiro atoms. The molecular formula is C19H25N3O3S. The van der Waals surface area contributed by atoms with Crippen molar-refractivity contribution in [2.45, 2.75) is 38.5 Å². The number of ether oxygens (including phenoxy) is 2. The van der Waals surface area contributed by atoms with Crippen molar-refractivity contribution in [2.24, 2.45) is 0 Å². The van der Waals surface area contributed by atoms with E-state index in [1.54, 1.807) is 18.3 Å². The van der Waals surface area contributed by atoms with Crippen molar-refractivity contribution < 1.29 is 14.3 Å². The second-order valence-electron chi connectivity index (χ2n) is 6.30. The van der Waals surface area contributed by atoms with E-state index in [1.807, 2.05) is 24.3 Å². The molecule has 26 heavy (non-hydrogen) atoms. The molecule has 0 radical (unpaired) electrons. The molecular weight excluding hydrogens is 350 g/mol. The summed E-state index contributed by atoms with van der Waals surface area (Å²) >= 11 is 1.75. The highest BCUT2D eigenvalue weighted by molar-refractivity contribution is 7.11. The van der Waals surface area contributed by atoms with Crippen molar-refractivity contribution in [3.05, 3.63) is 39.8 Å². The van der Waals surface area contributed by atoms with Gasteiger partial charge >= 0.3 is 5.97 Å². The maximum Gasteiger partial charge on any atom is 0.344 e. The van der Waals surface area contributed by atoms with Crippen LogP contribution in [-0.4, -0.2) is 42.5 Å². The maximum atomic E-state index is 11.3. The molecule has 1 aromatic heterocycles. The highest BCUT2D eigenvalue weighted by Crippen LogP contribution is 2.28. The fourth-order valence-electron chi connectivity index (χ4n) is 2.95. The molecule has 2 aromatic rings. The molecule has 0 amide bonds. The minimum atomic E-state index is -0.350. The number of carbonyl (C=O) groups excluding carboxylic acids is 1. The number of benzene rings is 1. The highest BCUT2D eigenvalue weighted by Gasteiger charge is 2.19. The standard InChI is InChI=1S/C19H25N3O3S/c1-2-24-18(23)13-25-16-6-3-14(4-7-16)5-8-17-21-22-19(26-17)15-9-11-20-12-10-15/h3-4,6-7,15,20H,2,5,8-13H2,1H3. The molecule has 6 nitrogen and oxygen atoms in total. The van der Waals surface area contributed by atoms with E-state index in [0.717, 1.165) is 43.8 Å². The normalized spacial score (nSPS) is 15.0. The second kappa shape index (κ2) is 9.64. The first kappa shape index (κ1) is 18.8. The summed E-state index contributed by atoms with van der Waals surface area (Å²) in [4.78, 5) is 11.3. The fraction of sp³-hybridized carbons (Fsp3) is 0.526. The predicted octanol–water partition coefficient (Wildman–Crippen LogP) is 2.73. The zero-order valence-electron chi connectivity index (χ0n) is 15.1. The first-order valence-corrected chi connectivity index (χ1v) is 9.96. The summed E-state index contributed by atoms with van der Waals surface area (Å²) in [5, 5.41) is 14.4. The largest absolute Gasteiger partial charge is 0.482 e. The molecule has 7 heteroatoms. The molecule has 1 aliphatic rings. The molecule has 2 heterocycles. The van der Waals surface area contributed by atoms with Crippen LogP contribution in [0, 0.1) is 0 Å². The molecule has 0 aliphatic carbocycles. The number of nitrogens with zero attached hydrogens (tertiary/aromatic N) is 2. The molecule has 0 saturated carbocycles. The molecule has 1 N–H and O–H groups in total. The van der Waals surface area contributed by atoms with Crippen molar-refractivity contribution >= 4 is 17.3 Å². The van der Waals surface area contributed by atoms with E-state index in [-0.39, 0.29) is 12.6 Å². The Morgan fingerprint density at radius 2 is 1.96 bits per heavy atom. The lowest BCUT2D eigenvalue weighted by Crippen LogP contribution is -2.26. The summed E-state index contributed by atoms with van der Waals surface area (Å²) < 4.78 is 10.3. The quantitative estimate of drug-likeness (QED) is 0.715. The molecule has 1 aromatic carbocycles. The minimum Gasteiger partial charge on any atom is -0.482 e. The van der Waals surface area contributed by atoms with E-state index in [4.69, 9.17) is 9.47 Å². The van der Waals surface area contributed by atoms with Crippen LogP contribution in [0.3, 0.4) is 0 Å². The number of nitrogens with one attached hydrogen (secondary N) is 1. The van der Waals surface area contributed by atoms with Gasteiger partial charge in [-0.3, -0.25) is 0 Å². The van der Waals surface area contributed by atoms with Gasteiger partial charge in [-0.1, -0.05) is 12.1 Å². The van der Waals surface area contributed by atoms with Crippen LogP contribution in [0.15, 0.2) is 24.3 Å². The number of carbonyl (C=O) groups is 1. The molecule has 1 fully saturated rings. The number of aromatic nitrogens is 2. The number of hydrogen-bond donors (Lipinski definition) is 1. The van der Waals surface area contributed by atoms with Crippen LogP contribution in [0.5, 0.6) is 5.75 Å². The molecule has 1 saturated heterocycles. The van der Waals surface area contributed by atoms with E-state index >= 15 is 0 Å². The average molecular weight is 375 g/mol. The zero-order chi connectivity index (χ0) is 18.2. The summed E-state index contributed by atoms with van der Waals surface area (Å²) in [6, 6.07) is 7.81. The Morgan fingerprint density at radius 3 is 2.69 bits per heavy atom. The van der Waals surface area contributed by atoms with Gasteiger partial charge in [-0.05, 0) is 57.0 Å².